The summed E-state index contributed by atoms with van der Waals surface area (Å²) in [7, 11) is -3.75. The highest BCUT2D eigenvalue weighted by Crippen LogP contribution is 2.22. The Morgan fingerprint density at radius 3 is 2.86 bits per heavy atom. The van der Waals surface area contributed by atoms with E-state index in [9.17, 15) is 12.8 Å². The van der Waals surface area contributed by atoms with Gasteiger partial charge in [0.1, 0.15) is 5.82 Å². The van der Waals surface area contributed by atoms with E-state index in [1.165, 1.54) is 13.0 Å². The van der Waals surface area contributed by atoms with Crippen LogP contribution in [0.1, 0.15) is 25.3 Å². The van der Waals surface area contributed by atoms with Crippen LogP contribution >= 0.6 is 0 Å². The number of anilines is 1. The van der Waals surface area contributed by atoms with Gasteiger partial charge in [-0.25, -0.2) is 17.5 Å². The Balaban J connectivity index is 2.16. The fourth-order valence-electron chi connectivity index (χ4n) is 2.78. The van der Waals surface area contributed by atoms with Gasteiger partial charge in [0.15, 0.2) is 0 Å². The Hall–Kier alpha value is -1.18. The Morgan fingerprint density at radius 1 is 1.48 bits per heavy atom. The number of rotatable bonds is 5. The molecule has 1 heterocycles. The lowest BCUT2D eigenvalue weighted by Gasteiger charge is -2.23. The summed E-state index contributed by atoms with van der Waals surface area (Å²) >= 11 is 0. The first-order chi connectivity index (χ1) is 9.85. The lowest BCUT2D eigenvalue weighted by atomic mass is 10.2. The fourth-order valence-corrected chi connectivity index (χ4v) is 4.14. The van der Waals surface area contributed by atoms with E-state index >= 15 is 0 Å². The van der Waals surface area contributed by atoms with Crippen LogP contribution in [0.15, 0.2) is 17.0 Å². The fraction of sp³-hybridized carbons (Fsp3) is 0.571. The van der Waals surface area contributed by atoms with Crippen LogP contribution in [-0.4, -0.2) is 39.0 Å². The molecule has 0 aliphatic carbocycles. The van der Waals surface area contributed by atoms with E-state index in [0.29, 0.717) is 6.54 Å². The zero-order chi connectivity index (χ0) is 15.6. The molecule has 0 spiro atoms. The van der Waals surface area contributed by atoms with Crippen molar-refractivity contribution in [1.29, 1.82) is 0 Å². The van der Waals surface area contributed by atoms with Crippen molar-refractivity contribution in [3.05, 3.63) is 23.5 Å². The number of nitrogens with zero attached hydrogens (tertiary/aromatic N) is 1. The molecule has 7 heteroatoms. The van der Waals surface area contributed by atoms with Crippen LogP contribution in [0.2, 0.25) is 0 Å². The van der Waals surface area contributed by atoms with Gasteiger partial charge in [0, 0.05) is 23.8 Å². The normalized spacial score (nSPS) is 20.0. The van der Waals surface area contributed by atoms with E-state index < -0.39 is 15.8 Å². The van der Waals surface area contributed by atoms with Crippen molar-refractivity contribution in [2.45, 2.75) is 37.6 Å². The molecule has 0 radical (unpaired) electrons. The quantitative estimate of drug-likeness (QED) is 0.807. The molecule has 0 bridgehead atoms. The minimum Gasteiger partial charge on any atom is -0.399 e. The molecule has 2 rings (SSSR count). The molecule has 0 amide bonds. The third kappa shape index (κ3) is 3.53. The molecule has 118 valence electrons. The van der Waals surface area contributed by atoms with Crippen LogP contribution in [0.3, 0.4) is 0 Å². The molecule has 0 aromatic heterocycles. The first kappa shape index (κ1) is 16.2. The van der Waals surface area contributed by atoms with Crippen LogP contribution in [0.25, 0.3) is 0 Å². The van der Waals surface area contributed by atoms with Gasteiger partial charge in [-0.2, -0.15) is 0 Å². The number of benzene rings is 1. The van der Waals surface area contributed by atoms with Crippen molar-refractivity contribution in [3.63, 3.8) is 0 Å². The number of sulfonamides is 1. The van der Waals surface area contributed by atoms with Crippen LogP contribution in [-0.2, 0) is 10.0 Å². The zero-order valence-corrected chi connectivity index (χ0v) is 13.2. The standard InChI is InChI=1S/C14H22FN3O2S/c1-3-18-6-4-5-12(18)9-17-21(19,20)14-8-11(16)7-13(15)10(14)2/h7-8,12,17H,3-6,9,16H2,1-2H3. The van der Waals surface area contributed by atoms with E-state index in [-0.39, 0.29) is 22.2 Å². The van der Waals surface area contributed by atoms with Gasteiger partial charge in [0.2, 0.25) is 10.0 Å². The van der Waals surface area contributed by atoms with E-state index in [4.69, 9.17) is 5.73 Å². The number of halogens is 1. The lowest BCUT2D eigenvalue weighted by molar-refractivity contribution is 0.268. The molecule has 1 saturated heterocycles. The second-order valence-corrected chi connectivity index (χ2v) is 7.14. The van der Waals surface area contributed by atoms with Gasteiger partial charge in [-0.3, -0.25) is 4.90 Å². The Kier molecular flexibility index (Phi) is 4.85. The smallest absolute Gasteiger partial charge is 0.241 e. The van der Waals surface area contributed by atoms with Gasteiger partial charge in [-0.1, -0.05) is 6.92 Å². The van der Waals surface area contributed by atoms with Crippen LogP contribution in [0.5, 0.6) is 0 Å². The van der Waals surface area contributed by atoms with Crippen LogP contribution in [0, 0.1) is 12.7 Å². The van der Waals surface area contributed by atoms with Crippen molar-refractivity contribution in [2.24, 2.45) is 0 Å². The summed E-state index contributed by atoms with van der Waals surface area (Å²) in [4.78, 5) is 2.16. The SMILES string of the molecule is CCN1CCCC1CNS(=O)(=O)c1cc(N)cc(F)c1C. The number of likely N-dealkylation sites (N-methyl/N-ethyl adjacent to an activating group) is 1. The molecule has 5 nitrogen and oxygen atoms in total. The summed E-state index contributed by atoms with van der Waals surface area (Å²) in [6.45, 7) is 5.74. The van der Waals surface area contributed by atoms with E-state index in [1.54, 1.807) is 0 Å². The molecule has 1 unspecified atom stereocenters. The van der Waals surface area contributed by atoms with Crippen molar-refractivity contribution in [2.75, 3.05) is 25.4 Å². The minimum atomic E-state index is -3.75. The monoisotopic (exact) mass is 315 g/mol. The highest BCUT2D eigenvalue weighted by molar-refractivity contribution is 7.89. The number of nitrogens with two attached hydrogens (primary N) is 1. The number of nitrogen functional groups attached to an aromatic ring is 1. The molecule has 1 aromatic rings. The zero-order valence-electron chi connectivity index (χ0n) is 12.4. The predicted octanol–water partition coefficient (Wildman–Crippen LogP) is 1.48. The van der Waals surface area contributed by atoms with Crippen molar-refractivity contribution >= 4 is 15.7 Å². The number of hydrogen-bond acceptors (Lipinski definition) is 4. The summed E-state index contributed by atoms with van der Waals surface area (Å²) in [6.07, 6.45) is 2.05. The van der Waals surface area contributed by atoms with Gasteiger partial charge in [-0.05, 0) is 45.0 Å². The van der Waals surface area contributed by atoms with E-state index in [1.807, 2.05) is 0 Å². The van der Waals surface area contributed by atoms with Gasteiger partial charge < -0.3 is 5.73 Å². The van der Waals surface area contributed by atoms with Crippen LogP contribution in [0.4, 0.5) is 10.1 Å². The van der Waals surface area contributed by atoms with Crippen molar-refractivity contribution in [3.8, 4) is 0 Å². The minimum absolute atomic E-state index is 0.0824. The Bertz CT molecular complexity index is 619. The third-order valence-corrected chi connectivity index (χ3v) is 5.57. The molecular weight excluding hydrogens is 293 g/mol. The average molecular weight is 315 g/mol. The molecule has 1 aliphatic heterocycles. The highest BCUT2D eigenvalue weighted by Gasteiger charge is 2.26. The van der Waals surface area contributed by atoms with Gasteiger partial charge in [0.25, 0.3) is 0 Å². The Labute approximate surface area is 125 Å². The third-order valence-electron chi connectivity index (χ3n) is 4.02. The van der Waals surface area contributed by atoms with Crippen LogP contribution < -0.4 is 10.5 Å². The van der Waals surface area contributed by atoms with Crippen molar-refractivity contribution < 1.29 is 12.8 Å². The maximum absolute atomic E-state index is 13.6. The predicted molar refractivity (Wildman–Crippen MR) is 81.0 cm³/mol. The summed E-state index contributed by atoms with van der Waals surface area (Å²) < 4.78 is 40.9. The highest BCUT2D eigenvalue weighted by atomic mass is 32.2. The molecule has 0 saturated carbocycles. The van der Waals surface area contributed by atoms with E-state index in [0.717, 1.165) is 32.0 Å². The van der Waals surface area contributed by atoms with Crippen molar-refractivity contribution in [1.82, 2.24) is 9.62 Å². The average Bonchev–Trinajstić information content (AvgIpc) is 2.88. The molecule has 3 N–H and O–H groups in total. The molecule has 1 fully saturated rings. The largest absolute Gasteiger partial charge is 0.399 e. The summed E-state index contributed by atoms with van der Waals surface area (Å²) in [6, 6.07) is 2.63. The van der Waals surface area contributed by atoms with E-state index in [2.05, 4.69) is 16.5 Å². The summed E-state index contributed by atoms with van der Waals surface area (Å²) in [5.74, 6) is -0.605. The molecule has 1 aromatic carbocycles. The second-order valence-electron chi connectivity index (χ2n) is 5.40. The Morgan fingerprint density at radius 2 is 2.19 bits per heavy atom. The second kappa shape index (κ2) is 6.29. The van der Waals surface area contributed by atoms with Gasteiger partial charge in [0.05, 0.1) is 4.90 Å². The number of hydrogen-bond donors (Lipinski definition) is 2. The number of nitrogens with one attached hydrogen (secondary N) is 1. The number of likely N-dealkylation sites (tertiary alicyclic amines) is 1. The summed E-state index contributed by atoms with van der Waals surface area (Å²) in [5, 5.41) is 0. The first-order valence-electron chi connectivity index (χ1n) is 7.14. The topological polar surface area (TPSA) is 75.4 Å². The maximum atomic E-state index is 13.6. The maximum Gasteiger partial charge on any atom is 0.241 e. The molecule has 21 heavy (non-hydrogen) atoms. The summed E-state index contributed by atoms with van der Waals surface area (Å²) in [5.41, 5.74) is 5.75. The molecule has 1 atom stereocenters. The van der Waals surface area contributed by atoms with Gasteiger partial charge >= 0.3 is 0 Å². The molecule has 1 aliphatic rings. The van der Waals surface area contributed by atoms with Gasteiger partial charge in [-0.15, -0.1) is 0 Å². The lowest BCUT2D eigenvalue weighted by Crippen LogP contribution is -2.40. The molecular formula is C14H22FN3O2S. The first-order valence-corrected chi connectivity index (χ1v) is 8.62.